The van der Waals surface area contributed by atoms with Crippen LogP contribution >= 0.6 is 0 Å². The van der Waals surface area contributed by atoms with Crippen LogP contribution in [0.5, 0.6) is 0 Å². The number of carbonyl (C=O) groups is 2. The van der Waals surface area contributed by atoms with Crippen LogP contribution in [-0.2, 0) is 16.1 Å². The summed E-state index contributed by atoms with van der Waals surface area (Å²) in [5, 5.41) is 8.83. The third kappa shape index (κ3) is 3.41. The van der Waals surface area contributed by atoms with Crippen molar-refractivity contribution in [3.63, 3.8) is 0 Å². The topological polar surface area (TPSA) is 70.5 Å². The van der Waals surface area contributed by atoms with Crippen molar-refractivity contribution in [1.29, 1.82) is 0 Å². The average molecular weight is 248 g/mol. The van der Waals surface area contributed by atoms with Crippen LogP contribution in [0.25, 0.3) is 0 Å². The van der Waals surface area contributed by atoms with Crippen molar-refractivity contribution in [2.24, 2.45) is 0 Å². The van der Waals surface area contributed by atoms with Gasteiger partial charge in [-0.15, -0.1) is 0 Å². The van der Waals surface area contributed by atoms with Crippen LogP contribution in [-0.4, -0.2) is 33.9 Å². The highest BCUT2D eigenvalue weighted by Crippen LogP contribution is 2.09. The van der Waals surface area contributed by atoms with Gasteiger partial charge in [0.15, 0.2) is 0 Å². The van der Waals surface area contributed by atoms with E-state index in [4.69, 9.17) is 5.11 Å². The number of aliphatic carboxylic acids is 1. The van der Waals surface area contributed by atoms with Gasteiger partial charge in [-0.3, -0.25) is 9.78 Å². The highest BCUT2D eigenvalue weighted by Gasteiger charge is 2.16. The Morgan fingerprint density at radius 2 is 1.94 bits per heavy atom. The second-order valence-electron chi connectivity index (χ2n) is 4.04. The summed E-state index contributed by atoms with van der Waals surface area (Å²) in [7, 11) is 1.62. The zero-order valence-electron chi connectivity index (χ0n) is 10.7. The zero-order valence-corrected chi connectivity index (χ0v) is 10.7. The molecule has 0 atom stereocenters. The Morgan fingerprint density at radius 1 is 1.28 bits per heavy atom. The molecule has 0 bridgehead atoms. The zero-order chi connectivity index (χ0) is 13.7. The normalized spacial score (nSPS) is 11.7. The summed E-state index contributed by atoms with van der Waals surface area (Å²) in [6.07, 6.45) is 1.65. The van der Waals surface area contributed by atoms with Gasteiger partial charge in [0.2, 0.25) is 5.91 Å². The molecular weight excluding hydrogens is 232 g/mol. The number of hydrogen-bond donors (Lipinski definition) is 1. The summed E-state index contributed by atoms with van der Waals surface area (Å²) < 4.78 is 0. The lowest BCUT2D eigenvalue weighted by atomic mass is 10.1. The van der Waals surface area contributed by atoms with Crippen LogP contribution in [0.2, 0.25) is 0 Å². The van der Waals surface area contributed by atoms with E-state index >= 15 is 0 Å². The molecule has 0 radical (unpaired) electrons. The van der Waals surface area contributed by atoms with Gasteiger partial charge in [0.25, 0.3) is 0 Å². The van der Waals surface area contributed by atoms with E-state index < -0.39 is 5.97 Å². The number of carboxylic acid groups (broad SMARTS) is 1. The monoisotopic (exact) mass is 248 g/mol. The molecule has 1 aromatic rings. The van der Waals surface area contributed by atoms with Gasteiger partial charge in [-0.2, -0.15) is 0 Å². The molecule has 96 valence electrons. The molecule has 0 unspecified atom stereocenters. The first-order valence-electron chi connectivity index (χ1n) is 5.49. The SMILES string of the molecule is CC(C(=O)O)=C(C)C(=O)N(C)Cc1ccccn1. The molecule has 1 amide bonds. The third-order valence-corrected chi connectivity index (χ3v) is 2.68. The quantitative estimate of drug-likeness (QED) is 0.819. The lowest BCUT2D eigenvalue weighted by molar-refractivity contribution is -0.133. The molecule has 1 heterocycles. The molecule has 1 N–H and O–H groups in total. The van der Waals surface area contributed by atoms with Gasteiger partial charge in [0.1, 0.15) is 0 Å². The fourth-order valence-electron chi connectivity index (χ4n) is 1.41. The van der Waals surface area contributed by atoms with Gasteiger partial charge in [0, 0.05) is 24.4 Å². The Morgan fingerprint density at radius 3 is 2.44 bits per heavy atom. The van der Waals surface area contributed by atoms with Gasteiger partial charge in [-0.25, -0.2) is 4.79 Å². The third-order valence-electron chi connectivity index (χ3n) is 2.68. The average Bonchev–Trinajstić information content (AvgIpc) is 2.37. The molecule has 1 aromatic heterocycles. The van der Waals surface area contributed by atoms with Gasteiger partial charge < -0.3 is 10.0 Å². The number of aromatic nitrogens is 1. The fourth-order valence-corrected chi connectivity index (χ4v) is 1.41. The van der Waals surface area contributed by atoms with E-state index in [0.29, 0.717) is 6.54 Å². The van der Waals surface area contributed by atoms with Crippen molar-refractivity contribution in [3.8, 4) is 0 Å². The highest BCUT2D eigenvalue weighted by molar-refractivity contribution is 6.01. The number of amides is 1. The van der Waals surface area contributed by atoms with E-state index in [1.165, 1.54) is 18.7 Å². The van der Waals surface area contributed by atoms with E-state index in [1.54, 1.807) is 19.3 Å². The predicted octanol–water partition coefficient (Wildman–Crippen LogP) is 1.46. The molecular formula is C13H16N2O3. The standard InChI is InChI=1S/C13H16N2O3/c1-9(10(2)13(17)18)12(16)15(3)8-11-6-4-5-7-14-11/h4-7H,8H2,1-3H3,(H,17,18). The summed E-state index contributed by atoms with van der Waals surface area (Å²) in [4.78, 5) is 28.3. The summed E-state index contributed by atoms with van der Waals surface area (Å²) in [6.45, 7) is 3.29. The maximum atomic E-state index is 12.0. The maximum Gasteiger partial charge on any atom is 0.331 e. The number of likely N-dealkylation sites (N-methyl/N-ethyl adjacent to an activating group) is 1. The molecule has 0 aliphatic carbocycles. The van der Waals surface area contributed by atoms with Crippen molar-refractivity contribution in [1.82, 2.24) is 9.88 Å². The summed E-state index contributed by atoms with van der Waals surface area (Å²) in [5.74, 6) is -1.38. The summed E-state index contributed by atoms with van der Waals surface area (Å²) >= 11 is 0. The number of carbonyl (C=O) groups excluding carboxylic acids is 1. The Balaban J connectivity index is 2.80. The van der Waals surface area contributed by atoms with E-state index in [1.807, 2.05) is 12.1 Å². The molecule has 0 aliphatic rings. The van der Waals surface area contributed by atoms with Crippen molar-refractivity contribution < 1.29 is 14.7 Å². The van der Waals surface area contributed by atoms with E-state index in [9.17, 15) is 9.59 Å². The Hall–Kier alpha value is -2.17. The maximum absolute atomic E-state index is 12.0. The molecule has 1 rings (SSSR count). The first kappa shape index (κ1) is 13.9. The number of nitrogens with zero attached hydrogens (tertiary/aromatic N) is 2. The van der Waals surface area contributed by atoms with E-state index in [-0.39, 0.29) is 17.1 Å². The van der Waals surface area contributed by atoms with E-state index in [2.05, 4.69) is 4.98 Å². The minimum Gasteiger partial charge on any atom is -0.478 e. The number of carboxylic acids is 1. The van der Waals surface area contributed by atoms with Crippen LogP contribution in [0.3, 0.4) is 0 Å². The van der Waals surface area contributed by atoms with Crippen LogP contribution in [0.4, 0.5) is 0 Å². The number of pyridine rings is 1. The fraction of sp³-hybridized carbons (Fsp3) is 0.308. The van der Waals surface area contributed by atoms with Gasteiger partial charge in [-0.1, -0.05) is 6.07 Å². The minimum absolute atomic E-state index is 0.0628. The summed E-state index contributed by atoms with van der Waals surface area (Å²) in [5.41, 5.74) is 1.06. The molecule has 5 nitrogen and oxygen atoms in total. The van der Waals surface area contributed by atoms with Crippen molar-refractivity contribution in [3.05, 3.63) is 41.2 Å². The van der Waals surface area contributed by atoms with Crippen LogP contribution < -0.4 is 0 Å². The van der Waals surface area contributed by atoms with Gasteiger partial charge in [0.05, 0.1) is 12.2 Å². The minimum atomic E-state index is -1.08. The number of rotatable bonds is 4. The molecule has 0 aromatic carbocycles. The molecule has 0 saturated heterocycles. The Kier molecular flexibility index (Phi) is 4.59. The molecule has 0 saturated carbocycles. The van der Waals surface area contributed by atoms with Gasteiger partial charge in [-0.05, 0) is 26.0 Å². The molecule has 0 spiro atoms. The Bertz CT molecular complexity index is 480. The summed E-state index contributed by atoms with van der Waals surface area (Å²) in [6, 6.07) is 5.45. The van der Waals surface area contributed by atoms with E-state index in [0.717, 1.165) is 5.69 Å². The highest BCUT2D eigenvalue weighted by atomic mass is 16.4. The smallest absolute Gasteiger partial charge is 0.331 e. The largest absolute Gasteiger partial charge is 0.478 e. The van der Waals surface area contributed by atoms with Crippen molar-refractivity contribution in [2.45, 2.75) is 20.4 Å². The lowest BCUT2D eigenvalue weighted by Gasteiger charge is -2.17. The van der Waals surface area contributed by atoms with Crippen LogP contribution in [0.15, 0.2) is 35.5 Å². The van der Waals surface area contributed by atoms with Crippen LogP contribution in [0.1, 0.15) is 19.5 Å². The number of hydrogen-bond acceptors (Lipinski definition) is 3. The predicted molar refractivity (Wildman–Crippen MR) is 66.7 cm³/mol. The second-order valence-corrected chi connectivity index (χ2v) is 4.04. The van der Waals surface area contributed by atoms with Gasteiger partial charge >= 0.3 is 5.97 Å². The molecule has 5 heteroatoms. The molecule has 0 aliphatic heterocycles. The molecule has 18 heavy (non-hydrogen) atoms. The Labute approximate surface area is 106 Å². The van der Waals surface area contributed by atoms with Crippen molar-refractivity contribution >= 4 is 11.9 Å². The first-order chi connectivity index (χ1) is 8.43. The van der Waals surface area contributed by atoms with Crippen LogP contribution in [0, 0.1) is 0 Å². The lowest BCUT2D eigenvalue weighted by Crippen LogP contribution is -2.28. The van der Waals surface area contributed by atoms with Crippen molar-refractivity contribution in [2.75, 3.05) is 7.05 Å². The first-order valence-corrected chi connectivity index (χ1v) is 5.49. The second kappa shape index (κ2) is 5.95. The molecule has 0 fully saturated rings.